The molecular weight excluding hydrogens is 305 g/mol. The molecule has 0 aliphatic carbocycles. The summed E-state index contributed by atoms with van der Waals surface area (Å²) >= 11 is 0. The van der Waals surface area contributed by atoms with Gasteiger partial charge in [0.05, 0.1) is 7.11 Å². The molecule has 6 nitrogen and oxygen atoms in total. The molecule has 2 atom stereocenters. The van der Waals surface area contributed by atoms with Gasteiger partial charge in [0.2, 0.25) is 0 Å². The lowest BCUT2D eigenvalue weighted by Crippen LogP contribution is -2.25. The van der Waals surface area contributed by atoms with Gasteiger partial charge >= 0.3 is 8.25 Å². The molecule has 1 heterocycles. The van der Waals surface area contributed by atoms with Gasteiger partial charge in [0.15, 0.2) is 17.1 Å². The standard InChI is InChI=1S/C15H16NO5P/c1-10-7-12(8-13(20-3)14(10)17)15(2,21-22(18)19)11-5-4-6-16-9-11/h4-9H,1-3H3,(H-,17,18,19)/p+1. The van der Waals surface area contributed by atoms with Crippen LogP contribution in [0.1, 0.15) is 23.6 Å². The van der Waals surface area contributed by atoms with Crippen LogP contribution in [-0.2, 0) is 14.7 Å². The van der Waals surface area contributed by atoms with E-state index in [1.165, 1.54) is 7.11 Å². The van der Waals surface area contributed by atoms with Crippen LogP contribution in [0.25, 0.3) is 0 Å². The Morgan fingerprint density at radius 1 is 1.32 bits per heavy atom. The highest BCUT2D eigenvalue weighted by Crippen LogP contribution is 2.43. The van der Waals surface area contributed by atoms with Crippen molar-refractivity contribution < 1.29 is 23.8 Å². The van der Waals surface area contributed by atoms with Crippen molar-refractivity contribution in [2.45, 2.75) is 19.4 Å². The van der Waals surface area contributed by atoms with Crippen LogP contribution in [0.15, 0.2) is 36.7 Å². The zero-order valence-corrected chi connectivity index (χ0v) is 13.4. The van der Waals surface area contributed by atoms with Gasteiger partial charge in [0, 0.05) is 22.5 Å². The van der Waals surface area contributed by atoms with Crippen LogP contribution in [0.3, 0.4) is 0 Å². The van der Waals surface area contributed by atoms with E-state index in [4.69, 9.17) is 9.26 Å². The molecule has 22 heavy (non-hydrogen) atoms. The average molecular weight is 322 g/mol. The Kier molecular flexibility index (Phi) is 4.76. The molecule has 7 heteroatoms. The van der Waals surface area contributed by atoms with Crippen molar-refractivity contribution in [2.24, 2.45) is 0 Å². The average Bonchev–Trinajstić information content (AvgIpc) is 2.50. The summed E-state index contributed by atoms with van der Waals surface area (Å²) in [6, 6.07) is 6.73. The summed E-state index contributed by atoms with van der Waals surface area (Å²) in [7, 11) is -1.41. The minimum absolute atomic E-state index is 0.0215. The van der Waals surface area contributed by atoms with Gasteiger partial charge < -0.3 is 9.84 Å². The number of hydrogen-bond acceptors (Lipinski definition) is 5. The van der Waals surface area contributed by atoms with Gasteiger partial charge in [-0.3, -0.25) is 4.98 Å². The minimum atomic E-state index is -2.85. The summed E-state index contributed by atoms with van der Waals surface area (Å²) in [6.45, 7) is 3.38. The molecule has 0 saturated carbocycles. The number of nitrogens with zero attached hydrogens (tertiary/aromatic N) is 1. The summed E-state index contributed by atoms with van der Waals surface area (Å²) < 4.78 is 21.7. The number of benzene rings is 1. The number of phenolic OH excluding ortho intramolecular Hbond substituents is 1. The van der Waals surface area contributed by atoms with E-state index in [0.717, 1.165) is 0 Å². The lowest BCUT2D eigenvalue weighted by molar-refractivity contribution is 0.123. The second-order valence-electron chi connectivity index (χ2n) is 4.95. The van der Waals surface area contributed by atoms with Crippen molar-refractivity contribution >= 4 is 8.25 Å². The van der Waals surface area contributed by atoms with Crippen LogP contribution in [-0.4, -0.2) is 22.1 Å². The number of hydrogen-bond donors (Lipinski definition) is 2. The maximum Gasteiger partial charge on any atom is 0.695 e. The summed E-state index contributed by atoms with van der Waals surface area (Å²) in [6.07, 6.45) is 3.17. The highest BCUT2D eigenvalue weighted by molar-refractivity contribution is 7.32. The molecule has 0 radical (unpaired) electrons. The SMILES string of the molecule is COc1cc(C(C)(O[P+](=O)O)c2cccnc2)cc(C)c1O. The fraction of sp³-hybridized carbons (Fsp3) is 0.267. The second kappa shape index (κ2) is 6.40. The molecule has 2 unspecified atom stereocenters. The molecule has 0 bridgehead atoms. The van der Waals surface area contributed by atoms with Crippen LogP contribution in [0.5, 0.6) is 11.5 Å². The normalized spacial score (nSPS) is 14.3. The molecule has 0 amide bonds. The predicted octanol–water partition coefficient (Wildman–Crippen LogP) is 3.03. The first kappa shape index (κ1) is 16.4. The number of phenols is 1. The van der Waals surface area contributed by atoms with E-state index in [1.54, 1.807) is 50.5 Å². The molecule has 1 aromatic carbocycles. The Balaban J connectivity index is 2.65. The maximum atomic E-state index is 11.3. The first-order valence-corrected chi connectivity index (χ1v) is 7.65. The fourth-order valence-corrected chi connectivity index (χ4v) is 2.77. The lowest BCUT2D eigenvalue weighted by atomic mass is 9.88. The van der Waals surface area contributed by atoms with Crippen molar-refractivity contribution in [2.75, 3.05) is 7.11 Å². The maximum absolute atomic E-state index is 11.3. The van der Waals surface area contributed by atoms with Crippen molar-refractivity contribution in [3.05, 3.63) is 53.3 Å². The number of rotatable bonds is 5. The number of pyridine rings is 1. The molecule has 0 aliphatic heterocycles. The summed E-state index contributed by atoms with van der Waals surface area (Å²) in [5.74, 6) is 0.287. The van der Waals surface area contributed by atoms with Gasteiger partial charge in [-0.1, -0.05) is 6.07 Å². The summed E-state index contributed by atoms with van der Waals surface area (Å²) in [5, 5.41) is 9.95. The van der Waals surface area contributed by atoms with Gasteiger partial charge in [-0.25, -0.2) is 0 Å². The van der Waals surface area contributed by atoms with Crippen LogP contribution in [0.2, 0.25) is 0 Å². The van der Waals surface area contributed by atoms with Crippen LogP contribution < -0.4 is 4.74 Å². The van der Waals surface area contributed by atoms with E-state index in [0.29, 0.717) is 16.7 Å². The van der Waals surface area contributed by atoms with Crippen molar-refractivity contribution in [3.8, 4) is 11.5 Å². The van der Waals surface area contributed by atoms with E-state index in [-0.39, 0.29) is 11.5 Å². The lowest BCUT2D eigenvalue weighted by Gasteiger charge is -2.25. The second-order valence-corrected chi connectivity index (χ2v) is 5.61. The van der Waals surface area contributed by atoms with E-state index in [9.17, 15) is 14.6 Å². The van der Waals surface area contributed by atoms with Crippen molar-refractivity contribution in [1.82, 2.24) is 4.98 Å². The fourth-order valence-electron chi connectivity index (χ4n) is 2.25. The largest absolute Gasteiger partial charge is 0.695 e. The molecule has 2 N–H and O–H groups in total. The molecular formula is C15H17NO5P+. The van der Waals surface area contributed by atoms with Crippen molar-refractivity contribution in [1.29, 1.82) is 0 Å². The molecule has 1 aromatic heterocycles. The molecule has 0 saturated heterocycles. The van der Waals surface area contributed by atoms with E-state index < -0.39 is 13.9 Å². The first-order chi connectivity index (χ1) is 10.4. The Morgan fingerprint density at radius 3 is 2.59 bits per heavy atom. The van der Waals surface area contributed by atoms with E-state index in [2.05, 4.69) is 4.98 Å². The Hall–Kier alpha value is -2.01. The Morgan fingerprint density at radius 2 is 2.05 bits per heavy atom. The number of aromatic hydroxyl groups is 1. The minimum Gasteiger partial charge on any atom is -0.504 e. The number of aryl methyl sites for hydroxylation is 1. The van der Waals surface area contributed by atoms with Crippen LogP contribution in [0.4, 0.5) is 0 Å². The highest BCUT2D eigenvalue weighted by atomic mass is 31.1. The molecule has 2 rings (SSSR count). The zero-order chi connectivity index (χ0) is 16.3. The van der Waals surface area contributed by atoms with Gasteiger partial charge in [-0.2, -0.15) is 0 Å². The van der Waals surface area contributed by atoms with Crippen LogP contribution in [0, 0.1) is 6.92 Å². The number of methoxy groups -OCH3 is 1. The monoisotopic (exact) mass is 322 g/mol. The smallest absolute Gasteiger partial charge is 0.504 e. The first-order valence-electron chi connectivity index (χ1n) is 6.52. The quantitative estimate of drug-likeness (QED) is 0.823. The number of ether oxygens (including phenoxy) is 1. The van der Waals surface area contributed by atoms with Gasteiger partial charge in [-0.05, 0) is 43.2 Å². The van der Waals surface area contributed by atoms with Crippen LogP contribution >= 0.6 is 8.25 Å². The number of aromatic nitrogens is 1. The van der Waals surface area contributed by atoms with Gasteiger partial charge in [-0.15, -0.1) is 9.42 Å². The third-order valence-corrected chi connectivity index (χ3v) is 4.03. The Labute approximate surface area is 129 Å². The highest BCUT2D eigenvalue weighted by Gasteiger charge is 2.40. The van der Waals surface area contributed by atoms with E-state index in [1.807, 2.05) is 0 Å². The van der Waals surface area contributed by atoms with Gasteiger partial charge in [0.25, 0.3) is 0 Å². The predicted molar refractivity (Wildman–Crippen MR) is 81.0 cm³/mol. The summed E-state index contributed by atoms with van der Waals surface area (Å²) in [4.78, 5) is 13.3. The molecule has 0 spiro atoms. The molecule has 2 aromatic rings. The Bertz CT molecular complexity index is 692. The summed E-state index contributed by atoms with van der Waals surface area (Å²) in [5.41, 5.74) is 0.549. The zero-order valence-electron chi connectivity index (χ0n) is 12.5. The molecule has 0 aliphatic rings. The molecule has 0 fully saturated rings. The van der Waals surface area contributed by atoms with Crippen molar-refractivity contribution in [3.63, 3.8) is 0 Å². The van der Waals surface area contributed by atoms with E-state index >= 15 is 0 Å². The third-order valence-electron chi connectivity index (χ3n) is 3.51. The third kappa shape index (κ3) is 3.09. The van der Waals surface area contributed by atoms with Gasteiger partial charge in [0.1, 0.15) is 0 Å². The topological polar surface area (TPSA) is 88.9 Å². The molecule has 116 valence electrons.